The van der Waals surface area contributed by atoms with Crippen molar-refractivity contribution in [3.8, 4) is 11.1 Å². The van der Waals surface area contributed by atoms with Gasteiger partial charge in [0, 0.05) is 35.1 Å². The summed E-state index contributed by atoms with van der Waals surface area (Å²) in [6.07, 6.45) is 4.28. The Kier molecular flexibility index (Phi) is 3.91. The minimum absolute atomic E-state index is 0.0784. The van der Waals surface area contributed by atoms with Gasteiger partial charge in [-0.2, -0.15) is 0 Å². The fourth-order valence-corrected chi connectivity index (χ4v) is 2.81. The van der Waals surface area contributed by atoms with Gasteiger partial charge in [0.25, 0.3) is 0 Å². The van der Waals surface area contributed by atoms with Gasteiger partial charge in [-0.15, -0.1) is 0 Å². The predicted molar refractivity (Wildman–Crippen MR) is 87.0 cm³/mol. The second-order valence-electron chi connectivity index (χ2n) is 4.48. The zero-order valence-corrected chi connectivity index (χ0v) is 13.1. The predicted octanol–water partition coefficient (Wildman–Crippen LogP) is 4.96. The maximum absolute atomic E-state index is 11.1. The van der Waals surface area contributed by atoms with E-state index in [-0.39, 0.29) is 10.6 Å². The summed E-state index contributed by atoms with van der Waals surface area (Å²) >= 11 is 18.4. The third-order valence-corrected chi connectivity index (χ3v) is 4.41. The molecule has 0 amide bonds. The molecule has 0 bridgehead atoms. The van der Waals surface area contributed by atoms with Crippen molar-refractivity contribution in [2.75, 3.05) is 0 Å². The zero-order chi connectivity index (χ0) is 15.9. The summed E-state index contributed by atoms with van der Waals surface area (Å²) in [6, 6.07) is 5.22. The van der Waals surface area contributed by atoms with E-state index in [1.54, 1.807) is 24.4 Å². The number of pyridine rings is 2. The van der Waals surface area contributed by atoms with Crippen LogP contribution in [-0.4, -0.2) is 21.0 Å². The van der Waals surface area contributed by atoms with Crippen molar-refractivity contribution in [2.45, 2.75) is 0 Å². The molecule has 1 N–H and O–H groups in total. The lowest BCUT2D eigenvalue weighted by Crippen LogP contribution is -2.00. The second-order valence-corrected chi connectivity index (χ2v) is 5.64. The highest BCUT2D eigenvalue weighted by Gasteiger charge is 2.17. The molecule has 3 aromatic rings. The van der Waals surface area contributed by atoms with Crippen LogP contribution in [0.5, 0.6) is 0 Å². The van der Waals surface area contributed by atoms with Gasteiger partial charge in [-0.3, -0.25) is 9.97 Å². The monoisotopic (exact) mass is 352 g/mol. The fraction of sp³-hybridized carbons (Fsp3) is 0. The first kappa shape index (κ1) is 15.0. The number of hydrogen-bond acceptors (Lipinski definition) is 3. The van der Waals surface area contributed by atoms with E-state index >= 15 is 0 Å². The SMILES string of the molecule is O=C(O)c1cnc2c(-c3cccc(Cl)c3Cl)cncc2c1Cl. The zero-order valence-electron chi connectivity index (χ0n) is 10.8. The number of fused-ring (bicyclic) bond motifs is 1. The maximum Gasteiger partial charge on any atom is 0.338 e. The molecule has 0 unspecified atom stereocenters. The van der Waals surface area contributed by atoms with Crippen molar-refractivity contribution < 1.29 is 9.90 Å². The number of rotatable bonds is 2. The van der Waals surface area contributed by atoms with Crippen molar-refractivity contribution in [2.24, 2.45) is 0 Å². The van der Waals surface area contributed by atoms with E-state index in [0.717, 1.165) is 0 Å². The summed E-state index contributed by atoms with van der Waals surface area (Å²) in [7, 11) is 0. The Bertz CT molecular complexity index is 913. The van der Waals surface area contributed by atoms with Crippen LogP contribution in [0, 0.1) is 0 Å². The van der Waals surface area contributed by atoms with Crippen LogP contribution in [0.1, 0.15) is 10.4 Å². The molecule has 2 heterocycles. The van der Waals surface area contributed by atoms with E-state index in [1.165, 1.54) is 12.4 Å². The lowest BCUT2D eigenvalue weighted by Gasteiger charge is -2.10. The van der Waals surface area contributed by atoms with E-state index in [9.17, 15) is 4.79 Å². The molecular weight excluding hydrogens is 347 g/mol. The highest BCUT2D eigenvalue weighted by Crippen LogP contribution is 2.37. The summed E-state index contributed by atoms with van der Waals surface area (Å²) in [5.41, 5.74) is 1.71. The summed E-state index contributed by atoms with van der Waals surface area (Å²) in [4.78, 5) is 19.4. The number of aromatic carboxylic acids is 1. The van der Waals surface area contributed by atoms with Crippen molar-refractivity contribution in [3.63, 3.8) is 0 Å². The molecule has 0 aliphatic heterocycles. The Morgan fingerprint density at radius 1 is 1.00 bits per heavy atom. The third kappa shape index (κ3) is 2.39. The highest BCUT2D eigenvalue weighted by molar-refractivity contribution is 6.44. The fourth-order valence-electron chi connectivity index (χ4n) is 2.14. The normalized spacial score (nSPS) is 10.9. The smallest absolute Gasteiger partial charge is 0.338 e. The van der Waals surface area contributed by atoms with Crippen molar-refractivity contribution in [1.82, 2.24) is 9.97 Å². The van der Waals surface area contributed by atoms with Crippen LogP contribution in [0.4, 0.5) is 0 Å². The largest absolute Gasteiger partial charge is 0.478 e. The minimum atomic E-state index is -1.15. The first-order valence-corrected chi connectivity index (χ1v) is 7.24. The van der Waals surface area contributed by atoms with Gasteiger partial charge in [-0.05, 0) is 6.07 Å². The average Bonchev–Trinajstić information content (AvgIpc) is 2.50. The van der Waals surface area contributed by atoms with Crippen LogP contribution in [0.3, 0.4) is 0 Å². The Morgan fingerprint density at radius 2 is 1.77 bits per heavy atom. The van der Waals surface area contributed by atoms with Gasteiger partial charge in [0.1, 0.15) is 0 Å². The van der Waals surface area contributed by atoms with Crippen LogP contribution >= 0.6 is 34.8 Å². The van der Waals surface area contributed by atoms with Crippen LogP contribution in [0.15, 0.2) is 36.8 Å². The van der Waals surface area contributed by atoms with Crippen molar-refractivity contribution >= 4 is 51.7 Å². The number of nitrogens with zero attached hydrogens (tertiary/aromatic N) is 2. The van der Waals surface area contributed by atoms with E-state index in [0.29, 0.717) is 32.1 Å². The number of benzene rings is 1. The number of carboxylic acids is 1. The Hall–Kier alpha value is -1.88. The molecule has 7 heteroatoms. The molecule has 0 saturated heterocycles. The molecule has 0 aliphatic carbocycles. The van der Waals surface area contributed by atoms with Gasteiger partial charge in [0.2, 0.25) is 0 Å². The molecule has 0 fully saturated rings. The third-order valence-electron chi connectivity index (χ3n) is 3.19. The lowest BCUT2D eigenvalue weighted by atomic mass is 10.0. The van der Waals surface area contributed by atoms with E-state index in [4.69, 9.17) is 39.9 Å². The second kappa shape index (κ2) is 5.72. The van der Waals surface area contributed by atoms with E-state index in [1.807, 2.05) is 0 Å². The summed E-state index contributed by atoms with van der Waals surface area (Å²) in [6.45, 7) is 0. The highest BCUT2D eigenvalue weighted by atomic mass is 35.5. The number of hydrogen-bond donors (Lipinski definition) is 1. The van der Waals surface area contributed by atoms with E-state index < -0.39 is 5.97 Å². The number of carbonyl (C=O) groups is 1. The van der Waals surface area contributed by atoms with Crippen molar-refractivity contribution in [3.05, 3.63) is 57.4 Å². The molecule has 0 radical (unpaired) electrons. The maximum atomic E-state index is 11.1. The van der Waals surface area contributed by atoms with Gasteiger partial charge in [-0.25, -0.2) is 4.79 Å². The van der Waals surface area contributed by atoms with Crippen LogP contribution in [0.25, 0.3) is 22.0 Å². The average molecular weight is 354 g/mol. The van der Waals surface area contributed by atoms with Gasteiger partial charge in [-0.1, -0.05) is 46.9 Å². The van der Waals surface area contributed by atoms with Gasteiger partial charge in [0.05, 0.1) is 26.1 Å². The van der Waals surface area contributed by atoms with Gasteiger partial charge >= 0.3 is 5.97 Å². The Labute approximate surface area is 140 Å². The van der Waals surface area contributed by atoms with Gasteiger partial charge < -0.3 is 5.11 Å². The summed E-state index contributed by atoms with van der Waals surface area (Å²) in [5, 5.41) is 10.4. The Morgan fingerprint density at radius 3 is 2.50 bits per heavy atom. The molecule has 22 heavy (non-hydrogen) atoms. The van der Waals surface area contributed by atoms with Crippen molar-refractivity contribution in [1.29, 1.82) is 0 Å². The molecule has 2 aromatic heterocycles. The van der Waals surface area contributed by atoms with Crippen LogP contribution in [-0.2, 0) is 0 Å². The Balaban J connectivity index is 2.35. The molecule has 0 saturated carbocycles. The standard InChI is InChI=1S/C15H7Cl3N2O2/c16-11-3-1-2-7(13(11)18)8-4-19-5-9-12(17)10(15(21)22)6-20-14(8)9/h1-6H,(H,21,22). The molecule has 1 aromatic carbocycles. The quantitative estimate of drug-likeness (QED) is 0.707. The number of carboxylic acid groups (broad SMARTS) is 1. The minimum Gasteiger partial charge on any atom is -0.478 e. The first-order valence-electron chi connectivity index (χ1n) is 6.10. The number of halogens is 3. The molecular formula is C15H7Cl3N2O2. The molecule has 110 valence electrons. The summed E-state index contributed by atoms with van der Waals surface area (Å²) < 4.78 is 0. The first-order chi connectivity index (χ1) is 10.5. The molecule has 4 nitrogen and oxygen atoms in total. The molecule has 0 spiro atoms. The molecule has 0 atom stereocenters. The van der Waals surface area contributed by atoms with E-state index in [2.05, 4.69) is 9.97 Å². The number of aromatic nitrogens is 2. The lowest BCUT2D eigenvalue weighted by molar-refractivity contribution is 0.0697. The van der Waals surface area contributed by atoms with Crippen LogP contribution in [0.2, 0.25) is 15.1 Å². The molecule has 0 aliphatic rings. The van der Waals surface area contributed by atoms with Gasteiger partial charge in [0.15, 0.2) is 0 Å². The van der Waals surface area contributed by atoms with Crippen LogP contribution < -0.4 is 0 Å². The molecule has 3 rings (SSSR count). The topological polar surface area (TPSA) is 63.1 Å². The summed E-state index contributed by atoms with van der Waals surface area (Å²) in [5.74, 6) is -1.15.